The second-order valence-electron chi connectivity index (χ2n) is 7.88. The molecule has 2 aliphatic heterocycles. The summed E-state index contributed by atoms with van der Waals surface area (Å²) in [6.07, 6.45) is 10.4. The fourth-order valence-electron chi connectivity index (χ4n) is 3.70. The number of aromatic nitrogens is 3. The Hall–Kier alpha value is -3.16. The van der Waals surface area contributed by atoms with Crippen LogP contribution in [-0.4, -0.2) is 61.4 Å². The van der Waals surface area contributed by atoms with E-state index in [1.54, 1.807) is 6.21 Å². The highest BCUT2D eigenvalue weighted by Crippen LogP contribution is 2.22. The van der Waals surface area contributed by atoms with Crippen LogP contribution in [0.15, 0.2) is 35.4 Å². The van der Waals surface area contributed by atoms with E-state index in [0.29, 0.717) is 5.95 Å². The molecule has 0 atom stereocenters. The van der Waals surface area contributed by atoms with E-state index in [-0.39, 0.29) is 0 Å². The molecule has 8 nitrogen and oxygen atoms in total. The average Bonchev–Trinajstić information content (AvgIpc) is 3.48. The van der Waals surface area contributed by atoms with E-state index >= 15 is 0 Å². The second-order valence-corrected chi connectivity index (χ2v) is 7.88. The zero-order valence-electron chi connectivity index (χ0n) is 17.8. The first-order valence-electron chi connectivity index (χ1n) is 10.7. The summed E-state index contributed by atoms with van der Waals surface area (Å²) in [7, 11) is 4.07. The summed E-state index contributed by atoms with van der Waals surface area (Å²) in [4.78, 5) is 20.4. The van der Waals surface area contributed by atoms with E-state index in [2.05, 4.69) is 59.5 Å². The summed E-state index contributed by atoms with van der Waals surface area (Å²) in [5.41, 5.74) is 5.28. The van der Waals surface area contributed by atoms with Gasteiger partial charge >= 0.3 is 0 Å². The van der Waals surface area contributed by atoms with Gasteiger partial charge in [0.1, 0.15) is 0 Å². The third-order valence-electron chi connectivity index (χ3n) is 5.41. The van der Waals surface area contributed by atoms with Gasteiger partial charge in [0.15, 0.2) is 0 Å². The van der Waals surface area contributed by atoms with E-state index in [0.717, 1.165) is 43.6 Å². The van der Waals surface area contributed by atoms with Crippen LogP contribution in [0.5, 0.6) is 0 Å². The minimum Gasteiger partial charge on any atom is -0.378 e. The molecule has 2 saturated heterocycles. The lowest BCUT2D eigenvalue weighted by Crippen LogP contribution is -2.25. The molecule has 3 heterocycles. The highest BCUT2D eigenvalue weighted by molar-refractivity contribution is 5.78. The number of anilines is 4. The van der Waals surface area contributed by atoms with Crippen LogP contribution in [-0.2, 0) is 0 Å². The lowest BCUT2D eigenvalue weighted by atomic mass is 10.2. The molecule has 8 heteroatoms. The maximum absolute atomic E-state index is 4.72. The van der Waals surface area contributed by atoms with Gasteiger partial charge in [0.2, 0.25) is 17.8 Å². The van der Waals surface area contributed by atoms with Crippen molar-refractivity contribution in [2.45, 2.75) is 25.7 Å². The molecule has 1 aromatic heterocycles. The van der Waals surface area contributed by atoms with Crippen LogP contribution in [0.25, 0.3) is 6.08 Å². The zero-order valence-corrected chi connectivity index (χ0v) is 17.8. The SMILES string of the molecule is CN(C)c1ccc(C=CC=NNc2nc(N3CCCC3)nc(N3CCCC3)n2)cc1. The van der Waals surface area contributed by atoms with E-state index in [9.17, 15) is 0 Å². The first-order chi connectivity index (χ1) is 14.7. The summed E-state index contributed by atoms with van der Waals surface area (Å²) in [5, 5.41) is 4.28. The van der Waals surface area contributed by atoms with Gasteiger partial charge < -0.3 is 14.7 Å². The fourth-order valence-corrected chi connectivity index (χ4v) is 3.70. The Morgan fingerprint density at radius 3 is 1.97 bits per heavy atom. The Morgan fingerprint density at radius 1 is 0.867 bits per heavy atom. The smallest absolute Gasteiger partial charge is 0.250 e. The molecule has 0 saturated carbocycles. The molecule has 2 aliphatic rings. The first kappa shape index (κ1) is 20.1. The standard InChI is InChI=1S/C22H30N8/c1-28(2)19-11-9-18(10-12-19)8-7-13-23-27-20-24-21(29-14-3-4-15-29)26-22(25-20)30-16-5-6-17-30/h7-13H,3-6,14-17H2,1-2H3,(H,24,25,26,27). The number of hydrogen-bond donors (Lipinski definition) is 1. The third-order valence-corrected chi connectivity index (χ3v) is 5.41. The van der Waals surface area contributed by atoms with E-state index in [4.69, 9.17) is 4.98 Å². The Balaban J connectivity index is 1.42. The predicted octanol–water partition coefficient (Wildman–Crippen LogP) is 3.25. The van der Waals surface area contributed by atoms with Gasteiger partial charge in [-0.3, -0.25) is 0 Å². The largest absolute Gasteiger partial charge is 0.378 e. The molecule has 0 spiro atoms. The van der Waals surface area contributed by atoms with Gasteiger partial charge in [-0.15, -0.1) is 0 Å². The number of hydrazone groups is 1. The van der Waals surface area contributed by atoms with Crippen LogP contribution in [0, 0.1) is 0 Å². The van der Waals surface area contributed by atoms with Gasteiger partial charge in [0, 0.05) is 52.2 Å². The molecule has 0 bridgehead atoms. The van der Waals surface area contributed by atoms with Crippen molar-refractivity contribution in [1.82, 2.24) is 15.0 Å². The normalized spacial score (nSPS) is 16.9. The van der Waals surface area contributed by atoms with Crippen molar-refractivity contribution in [2.75, 3.05) is 60.4 Å². The van der Waals surface area contributed by atoms with Crippen LogP contribution in [0.3, 0.4) is 0 Å². The van der Waals surface area contributed by atoms with E-state index in [1.165, 1.54) is 31.4 Å². The number of nitrogens with one attached hydrogen (secondary N) is 1. The van der Waals surface area contributed by atoms with Gasteiger partial charge in [-0.1, -0.05) is 18.2 Å². The quantitative estimate of drug-likeness (QED) is 0.559. The van der Waals surface area contributed by atoms with E-state index in [1.807, 2.05) is 26.2 Å². The van der Waals surface area contributed by atoms with Gasteiger partial charge in [0.25, 0.3) is 0 Å². The molecule has 0 unspecified atom stereocenters. The van der Waals surface area contributed by atoms with Gasteiger partial charge in [-0.2, -0.15) is 20.1 Å². The minimum atomic E-state index is 0.494. The van der Waals surface area contributed by atoms with Crippen LogP contribution >= 0.6 is 0 Å². The minimum absolute atomic E-state index is 0.494. The molecule has 2 fully saturated rings. The maximum atomic E-state index is 4.72. The lowest BCUT2D eigenvalue weighted by Gasteiger charge is -2.20. The third kappa shape index (κ3) is 5.06. The molecular formula is C22H30N8. The van der Waals surface area contributed by atoms with Crippen LogP contribution in [0.4, 0.5) is 23.5 Å². The van der Waals surface area contributed by atoms with Crippen LogP contribution in [0.1, 0.15) is 31.2 Å². The zero-order chi connectivity index (χ0) is 20.8. The molecule has 2 aromatic rings. The van der Waals surface area contributed by atoms with Crippen LogP contribution < -0.4 is 20.1 Å². The first-order valence-corrected chi connectivity index (χ1v) is 10.7. The summed E-state index contributed by atoms with van der Waals surface area (Å²) in [5.74, 6) is 1.99. The Bertz CT molecular complexity index is 844. The number of nitrogens with zero attached hydrogens (tertiary/aromatic N) is 7. The second kappa shape index (κ2) is 9.56. The Morgan fingerprint density at radius 2 is 1.43 bits per heavy atom. The van der Waals surface area contributed by atoms with Crippen molar-refractivity contribution in [3.8, 4) is 0 Å². The van der Waals surface area contributed by atoms with Crippen LogP contribution in [0.2, 0.25) is 0 Å². The Labute approximate surface area is 178 Å². The van der Waals surface area contributed by atoms with Crippen molar-refractivity contribution in [2.24, 2.45) is 5.10 Å². The van der Waals surface area contributed by atoms with Crippen molar-refractivity contribution in [3.05, 3.63) is 35.9 Å². The van der Waals surface area contributed by atoms with Crippen molar-refractivity contribution < 1.29 is 0 Å². The number of rotatable bonds is 7. The Kier molecular flexibility index (Phi) is 6.41. The molecule has 158 valence electrons. The van der Waals surface area contributed by atoms with E-state index < -0.39 is 0 Å². The van der Waals surface area contributed by atoms with Gasteiger partial charge in [0.05, 0.1) is 0 Å². The summed E-state index contributed by atoms with van der Waals surface area (Å²) >= 11 is 0. The summed E-state index contributed by atoms with van der Waals surface area (Å²) in [6, 6.07) is 8.37. The van der Waals surface area contributed by atoms with Crippen molar-refractivity contribution >= 4 is 35.8 Å². The molecule has 0 aliphatic carbocycles. The highest BCUT2D eigenvalue weighted by atomic mass is 15.4. The maximum Gasteiger partial charge on any atom is 0.250 e. The molecule has 30 heavy (non-hydrogen) atoms. The van der Waals surface area contributed by atoms with Gasteiger partial charge in [-0.05, 0) is 49.5 Å². The lowest BCUT2D eigenvalue weighted by molar-refractivity contribution is 0.838. The predicted molar refractivity (Wildman–Crippen MR) is 125 cm³/mol. The molecule has 0 radical (unpaired) electrons. The molecule has 4 rings (SSSR count). The number of hydrogen-bond acceptors (Lipinski definition) is 8. The van der Waals surface area contributed by atoms with Gasteiger partial charge in [-0.25, -0.2) is 5.43 Å². The fraction of sp³-hybridized carbons (Fsp3) is 0.455. The molecular weight excluding hydrogens is 376 g/mol. The average molecular weight is 407 g/mol. The topological polar surface area (TPSA) is 72.8 Å². The number of benzene rings is 1. The molecule has 1 aromatic carbocycles. The number of allylic oxidation sites excluding steroid dienone is 1. The summed E-state index contributed by atoms with van der Waals surface area (Å²) in [6.45, 7) is 4.01. The molecule has 1 N–H and O–H groups in total. The monoisotopic (exact) mass is 406 g/mol. The van der Waals surface area contributed by atoms with Crippen molar-refractivity contribution in [1.29, 1.82) is 0 Å². The molecule has 0 amide bonds. The summed E-state index contributed by atoms with van der Waals surface area (Å²) < 4.78 is 0. The highest BCUT2D eigenvalue weighted by Gasteiger charge is 2.21. The van der Waals surface area contributed by atoms with Crippen molar-refractivity contribution in [3.63, 3.8) is 0 Å².